The molecule has 0 aromatic heterocycles. The van der Waals surface area contributed by atoms with E-state index in [4.69, 9.17) is 4.74 Å². The first kappa shape index (κ1) is 14.8. The van der Waals surface area contributed by atoms with Gasteiger partial charge in [-0.15, -0.1) is 0 Å². The molecule has 0 amide bonds. The molecule has 0 aromatic carbocycles. The number of piperidine rings is 1. The van der Waals surface area contributed by atoms with Gasteiger partial charge in [0.25, 0.3) is 0 Å². The Hall–Kier alpha value is -0.610. The van der Waals surface area contributed by atoms with Crippen LogP contribution >= 0.6 is 0 Å². The molecule has 0 aromatic rings. The summed E-state index contributed by atoms with van der Waals surface area (Å²) >= 11 is 0. The molecule has 4 nitrogen and oxygen atoms in total. The topological polar surface area (TPSA) is 41.6 Å². The van der Waals surface area contributed by atoms with Crippen LogP contribution in [0.3, 0.4) is 0 Å². The first-order valence-corrected chi connectivity index (χ1v) is 7.66. The van der Waals surface area contributed by atoms with Crippen molar-refractivity contribution in [1.29, 1.82) is 0 Å². The maximum absolute atomic E-state index is 11.9. The van der Waals surface area contributed by atoms with Crippen molar-refractivity contribution in [3.05, 3.63) is 0 Å². The number of hydrogen-bond donors (Lipinski definition) is 1. The van der Waals surface area contributed by atoms with Crippen LogP contribution in [0, 0.1) is 5.92 Å². The lowest BCUT2D eigenvalue weighted by atomic mass is 9.95. The van der Waals surface area contributed by atoms with Crippen LogP contribution in [0.2, 0.25) is 0 Å². The Labute approximate surface area is 116 Å². The Morgan fingerprint density at radius 2 is 2.26 bits per heavy atom. The Balaban J connectivity index is 1.77. The van der Waals surface area contributed by atoms with Crippen LogP contribution < -0.4 is 5.32 Å². The second-order valence-corrected chi connectivity index (χ2v) is 6.29. The summed E-state index contributed by atoms with van der Waals surface area (Å²) in [7, 11) is 1.47. The molecule has 1 saturated carbocycles. The third-order valence-electron chi connectivity index (χ3n) is 4.85. The molecule has 3 atom stereocenters. The van der Waals surface area contributed by atoms with E-state index >= 15 is 0 Å². The number of likely N-dealkylation sites (tertiary alicyclic amines) is 1. The van der Waals surface area contributed by atoms with Crippen LogP contribution in [0.1, 0.15) is 46.0 Å². The number of methoxy groups -OCH3 is 1. The van der Waals surface area contributed by atoms with Crippen LogP contribution in [0.15, 0.2) is 0 Å². The first-order valence-electron chi connectivity index (χ1n) is 7.66. The van der Waals surface area contributed by atoms with Crippen LogP contribution in [0.4, 0.5) is 0 Å². The zero-order valence-electron chi connectivity index (χ0n) is 12.6. The number of esters is 1. The molecule has 2 bridgehead atoms. The van der Waals surface area contributed by atoms with Crippen molar-refractivity contribution < 1.29 is 9.53 Å². The molecule has 2 aliphatic rings. The van der Waals surface area contributed by atoms with E-state index in [1.54, 1.807) is 0 Å². The Morgan fingerprint density at radius 1 is 1.47 bits per heavy atom. The molecule has 110 valence electrons. The lowest BCUT2D eigenvalue weighted by Gasteiger charge is -2.30. The van der Waals surface area contributed by atoms with Gasteiger partial charge in [0.2, 0.25) is 0 Å². The number of fused-ring (bicyclic) bond motifs is 2. The summed E-state index contributed by atoms with van der Waals surface area (Å²) in [6, 6.07) is 0.827. The van der Waals surface area contributed by atoms with Gasteiger partial charge in [-0.25, -0.2) is 0 Å². The smallest absolute Gasteiger partial charge is 0.325 e. The van der Waals surface area contributed by atoms with E-state index in [0.29, 0.717) is 0 Å². The fraction of sp³-hybridized carbons (Fsp3) is 0.933. The van der Waals surface area contributed by atoms with E-state index in [-0.39, 0.29) is 5.97 Å². The zero-order valence-corrected chi connectivity index (χ0v) is 12.6. The van der Waals surface area contributed by atoms with Gasteiger partial charge < -0.3 is 15.0 Å². The van der Waals surface area contributed by atoms with Gasteiger partial charge in [-0.2, -0.15) is 0 Å². The summed E-state index contributed by atoms with van der Waals surface area (Å²) in [5, 5.41) is 3.28. The van der Waals surface area contributed by atoms with Crippen LogP contribution in [0.5, 0.6) is 0 Å². The summed E-state index contributed by atoms with van der Waals surface area (Å²) in [4.78, 5) is 14.5. The molecule has 0 radical (unpaired) electrons. The zero-order chi connectivity index (χ0) is 13.9. The molecule has 3 unspecified atom stereocenters. The lowest BCUT2D eigenvalue weighted by Crippen LogP contribution is -2.50. The minimum Gasteiger partial charge on any atom is -0.468 e. The van der Waals surface area contributed by atoms with E-state index in [1.807, 2.05) is 13.8 Å². The molecule has 4 heteroatoms. The summed E-state index contributed by atoms with van der Waals surface area (Å²) < 4.78 is 4.92. The predicted octanol–water partition coefficient (Wildman–Crippen LogP) is 1.79. The molecular formula is C15H28N2O2. The van der Waals surface area contributed by atoms with Crippen molar-refractivity contribution in [1.82, 2.24) is 10.2 Å². The van der Waals surface area contributed by atoms with E-state index in [0.717, 1.165) is 37.9 Å². The molecule has 0 spiro atoms. The van der Waals surface area contributed by atoms with Gasteiger partial charge in [0.1, 0.15) is 5.54 Å². The highest BCUT2D eigenvalue weighted by atomic mass is 16.5. The molecule has 19 heavy (non-hydrogen) atoms. The number of rotatable bonds is 7. The second kappa shape index (κ2) is 6.23. The quantitative estimate of drug-likeness (QED) is 0.715. The van der Waals surface area contributed by atoms with Gasteiger partial charge in [0.15, 0.2) is 0 Å². The molecular weight excluding hydrogens is 240 g/mol. The van der Waals surface area contributed by atoms with Crippen LogP contribution in [0.25, 0.3) is 0 Å². The fourth-order valence-electron chi connectivity index (χ4n) is 3.81. The minimum atomic E-state index is -0.526. The van der Waals surface area contributed by atoms with Crippen molar-refractivity contribution in [2.45, 2.75) is 57.5 Å². The lowest BCUT2D eigenvalue weighted by molar-refractivity contribution is -0.148. The molecule has 2 fully saturated rings. The summed E-state index contributed by atoms with van der Waals surface area (Å²) in [6.07, 6.45) is 6.12. The number of carbonyl (C=O) groups is 1. The number of ether oxygens (including phenoxy) is 1. The van der Waals surface area contributed by atoms with Gasteiger partial charge in [-0.3, -0.25) is 4.79 Å². The average molecular weight is 268 g/mol. The van der Waals surface area contributed by atoms with Gasteiger partial charge in [-0.1, -0.05) is 6.92 Å². The summed E-state index contributed by atoms with van der Waals surface area (Å²) in [5.74, 6) is 0.808. The monoisotopic (exact) mass is 268 g/mol. The largest absolute Gasteiger partial charge is 0.468 e. The van der Waals surface area contributed by atoms with Crippen molar-refractivity contribution in [2.24, 2.45) is 5.92 Å². The maximum Gasteiger partial charge on any atom is 0.325 e. The standard InChI is InChI=1S/C15H28N2O2/c1-4-16-15(2,14(18)19-3)8-5-9-17-11-12-6-7-13(17)10-12/h12-13,16H,4-11H2,1-3H3. The van der Waals surface area contributed by atoms with E-state index < -0.39 is 5.54 Å². The maximum atomic E-state index is 11.9. The molecule has 1 aliphatic carbocycles. The SMILES string of the molecule is CCNC(C)(CCCN1CC2CCC1C2)C(=O)OC. The highest BCUT2D eigenvalue weighted by Gasteiger charge is 2.38. The van der Waals surface area contributed by atoms with Gasteiger partial charge >= 0.3 is 5.97 Å². The normalized spacial score (nSPS) is 29.4. The number of nitrogens with zero attached hydrogens (tertiary/aromatic N) is 1. The van der Waals surface area contributed by atoms with Crippen LogP contribution in [-0.4, -0.2) is 49.2 Å². The first-order chi connectivity index (χ1) is 9.09. The van der Waals surface area contributed by atoms with Crippen molar-refractivity contribution >= 4 is 5.97 Å². The van der Waals surface area contributed by atoms with E-state index in [1.165, 1.54) is 32.9 Å². The number of hydrogen-bond acceptors (Lipinski definition) is 4. The van der Waals surface area contributed by atoms with Crippen molar-refractivity contribution in [2.75, 3.05) is 26.7 Å². The van der Waals surface area contributed by atoms with Gasteiger partial charge in [0, 0.05) is 12.6 Å². The predicted molar refractivity (Wildman–Crippen MR) is 76.0 cm³/mol. The minimum absolute atomic E-state index is 0.141. The van der Waals surface area contributed by atoms with Gasteiger partial charge in [-0.05, 0) is 58.0 Å². The molecule has 1 N–H and O–H groups in total. The summed E-state index contributed by atoms with van der Waals surface area (Å²) in [5.41, 5.74) is -0.526. The molecule has 1 saturated heterocycles. The molecule has 2 rings (SSSR count). The third kappa shape index (κ3) is 3.29. The number of carbonyl (C=O) groups excluding carboxylic acids is 1. The molecule has 1 heterocycles. The third-order valence-corrected chi connectivity index (χ3v) is 4.85. The van der Waals surface area contributed by atoms with Crippen molar-refractivity contribution in [3.63, 3.8) is 0 Å². The molecule has 1 aliphatic heterocycles. The highest BCUT2D eigenvalue weighted by molar-refractivity contribution is 5.80. The second-order valence-electron chi connectivity index (χ2n) is 6.29. The summed E-state index contributed by atoms with van der Waals surface area (Å²) in [6.45, 7) is 7.18. The Kier molecular flexibility index (Phi) is 4.85. The van der Waals surface area contributed by atoms with Gasteiger partial charge in [0.05, 0.1) is 7.11 Å². The average Bonchev–Trinajstić information content (AvgIpc) is 3.00. The Morgan fingerprint density at radius 3 is 2.79 bits per heavy atom. The van der Waals surface area contributed by atoms with E-state index in [2.05, 4.69) is 10.2 Å². The fourth-order valence-corrected chi connectivity index (χ4v) is 3.81. The number of nitrogens with one attached hydrogen (secondary N) is 1. The number of likely N-dealkylation sites (N-methyl/N-ethyl adjacent to an activating group) is 1. The van der Waals surface area contributed by atoms with Crippen LogP contribution in [-0.2, 0) is 9.53 Å². The Bertz CT molecular complexity index is 321. The highest BCUT2D eigenvalue weighted by Crippen LogP contribution is 2.37. The van der Waals surface area contributed by atoms with Crippen molar-refractivity contribution in [3.8, 4) is 0 Å². The van der Waals surface area contributed by atoms with E-state index in [9.17, 15) is 4.79 Å².